The summed E-state index contributed by atoms with van der Waals surface area (Å²) in [4.78, 5) is 18.7. The van der Waals surface area contributed by atoms with Crippen LogP contribution in [0.25, 0.3) is 0 Å². The molecule has 1 amide bonds. The van der Waals surface area contributed by atoms with Crippen LogP contribution in [-0.4, -0.2) is 56.0 Å². The van der Waals surface area contributed by atoms with Crippen molar-refractivity contribution in [3.8, 4) is 0 Å². The van der Waals surface area contributed by atoms with Crippen molar-refractivity contribution >= 4 is 35.8 Å². The van der Waals surface area contributed by atoms with E-state index in [9.17, 15) is 4.79 Å². The number of nitrogens with zero attached hydrogens (tertiary/aromatic N) is 2. The van der Waals surface area contributed by atoms with Crippen LogP contribution >= 0.6 is 24.0 Å². The van der Waals surface area contributed by atoms with Crippen molar-refractivity contribution in [3.05, 3.63) is 71.8 Å². The minimum atomic E-state index is -0.166. The fraction of sp³-hybridized carbons (Fsp3) is 0.462. The number of likely N-dealkylation sites (tertiary alicyclic amines) is 1. The Labute approximate surface area is 215 Å². The minimum Gasteiger partial charge on any atom is -0.369 e. The molecule has 3 rings (SSSR count). The van der Waals surface area contributed by atoms with Crippen LogP contribution in [0.2, 0.25) is 0 Å². The summed E-state index contributed by atoms with van der Waals surface area (Å²) in [6.45, 7) is 7.22. The Balaban J connectivity index is 0.00000385. The second-order valence-corrected chi connectivity index (χ2v) is 8.42. The molecule has 1 unspecified atom stereocenters. The van der Waals surface area contributed by atoms with Crippen LogP contribution in [0, 0.1) is 5.92 Å². The average Bonchev–Trinajstić information content (AvgIpc) is 2.83. The van der Waals surface area contributed by atoms with E-state index < -0.39 is 0 Å². The summed E-state index contributed by atoms with van der Waals surface area (Å²) in [6, 6.07) is 21.1. The second-order valence-electron chi connectivity index (χ2n) is 8.42. The minimum absolute atomic E-state index is 0. The highest BCUT2D eigenvalue weighted by atomic mass is 127. The van der Waals surface area contributed by atoms with E-state index in [1.807, 2.05) is 0 Å². The van der Waals surface area contributed by atoms with Gasteiger partial charge in [-0.25, -0.2) is 0 Å². The van der Waals surface area contributed by atoms with Gasteiger partial charge < -0.3 is 21.3 Å². The third kappa shape index (κ3) is 8.97. The van der Waals surface area contributed by atoms with E-state index in [0.717, 1.165) is 57.9 Å². The highest BCUT2D eigenvalue weighted by molar-refractivity contribution is 14.0. The Morgan fingerprint density at radius 1 is 1.09 bits per heavy atom. The first-order chi connectivity index (χ1) is 15.7. The lowest BCUT2D eigenvalue weighted by atomic mass is 9.91. The highest BCUT2D eigenvalue weighted by Gasteiger charge is 2.23. The van der Waals surface area contributed by atoms with Crippen molar-refractivity contribution in [1.29, 1.82) is 0 Å². The second kappa shape index (κ2) is 14.9. The molecule has 0 bridgehead atoms. The molecule has 33 heavy (non-hydrogen) atoms. The molecule has 1 aliphatic rings. The van der Waals surface area contributed by atoms with Gasteiger partial charge >= 0.3 is 0 Å². The first-order valence-electron chi connectivity index (χ1n) is 11.8. The maximum Gasteiger partial charge on any atom is 0.221 e. The van der Waals surface area contributed by atoms with E-state index in [-0.39, 0.29) is 41.7 Å². The lowest BCUT2D eigenvalue weighted by Gasteiger charge is -2.31. The quantitative estimate of drug-likeness (QED) is 0.179. The zero-order chi connectivity index (χ0) is 22.6. The van der Waals surface area contributed by atoms with Gasteiger partial charge in [-0.2, -0.15) is 0 Å². The molecule has 0 aliphatic carbocycles. The number of piperidine rings is 1. The number of benzene rings is 2. The number of nitrogens with one attached hydrogen (secondary N) is 2. The average molecular weight is 564 g/mol. The molecule has 0 aromatic heterocycles. The number of hydrogen-bond donors (Lipinski definition) is 3. The molecular weight excluding hydrogens is 525 g/mol. The molecule has 2 aromatic rings. The molecule has 2 aromatic carbocycles. The summed E-state index contributed by atoms with van der Waals surface area (Å²) < 4.78 is 0. The third-order valence-corrected chi connectivity index (χ3v) is 6.03. The number of aliphatic imine (C=N–C) groups is 1. The van der Waals surface area contributed by atoms with Gasteiger partial charge in [0.25, 0.3) is 0 Å². The summed E-state index contributed by atoms with van der Waals surface area (Å²) in [7, 11) is 0. The lowest BCUT2D eigenvalue weighted by Crippen LogP contribution is -2.43. The van der Waals surface area contributed by atoms with E-state index in [4.69, 9.17) is 10.7 Å². The number of rotatable bonds is 10. The molecule has 1 saturated heterocycles. The molecular formula is C26H38IN5O. The van der Waals surface area contributed by atoms with Crippen LogP contribution in [0.3, 0.4) is 0 Å². The maximum absolute atomic E-state index is 11.5. The molecule has 0 radical (unpaired) electrons. The number of amides is 1. The van der Waals surface area contributed by atoms with Crippen molar-refractivity contribution in [1.82, 2.24) is 15.5 Å². The van der Waals surface area contributed by atoms with E-state index in [0.29, 0.717) is 6.54 Å². The highest BCUT2D eigenvalue weighted by Crippen LogP contribution is 2.24. The van der Waals surface area contributed by atoms with E-state index >= 15 is 0 Å². The molecule has 7 heteroatoms. The molecule has 180 valence electrons. The van der Waals surface area contributed by atoms with Gasteiger partial charge in [0.2, 0.25) is 5.91 Å². The standard InChI is InChI=1S/C26H37N5O.HI/c1-2-28-26(29-16-10-18-31-17-9-15-23(20-31)25(27)32)30-19-24(21-11-5-3-6-12-21)22-13-7-4-8-14-22;/h3-8,11-14,23-24H,2,9-10,15-20H2,1H3,(H2,27,32)(H2,28,29,30);1H. The van der Waals surface area contributed by atoms with Gasteiger partial charge in [-0.1, -0.05) is 60.7 Å². The Morgan fingerprint density at radius 3 is 2.30 bits per heavy atom. The van der Waals surface area contributed by atoms with E-state index in [1.165, 1.54) is 11.1 Å². The summed E-state index contributed by atoms with van der Waals surface area (Å²) in [6.07, 6.45) is 2.97. The van der Waals surface area contributed by atoms with Crippen LogP contribution in [0.4, 0.5) is 0 Å². The van der Waals surface area contributed by atoms with Gasteiger partial charge in [-0.3, -0.25) is 9.79 Å². The molecule has 0 saturated carbocycles. The SMILES string of the molecule is CCNC(=NCC(c1ccccc1)c1ccccc1)NCCCN1CCCC(C(N)=O)C1.I. The zero-order valence-corrected chi connectivity index (χ0v) is 21.9. The first kappa shape index (κ1) is 27.1. The van der Waals surface area contributed by atoms with Gasteiger partial charge in [-0.15, -0.1) is 24.0 Å². The summed E-state index contributed by atoms with van der Waals surface area (Å²) in [5.41, 5.74) is 8.04. The fourth-order valence-electron chi connectivity index (χ4n) is 4.30. The Hall–Kier alpha value is -2.13. The van der Waals surface area contributed by atoms with Crippen molar-refractivity contribution in [2.75, 3.05) is 39.3 Å². The van der Waals surface area contributed by atoms with Crippen molar-refractivity contribution in [3.63, 3.8) is 0 Å². The van der Waals surface area contributed by atoms with Crippen LogP contribution in [0.15, 0.2) is 65.7 Å². The Kier molecular flexibility index (Phi) is 12.2. The zero-order valence-electron chi connectivity index (χ0n) is 19.6. The van der Waals surface area contributed by atoms with Gasteiger partial charge in [0.1, 0.15) is 0 Å². The topological polar surface area (TPSA) is 82.8 Å². The summed E-state index contributed by atoms with van der Waals surface area (Å²) in [5, 5.41) is 6.84. The Bertz CT molecular complexity index is 807. The maximum atomic E-state index is 11.5. The van der Waals surface area contributed by atoms with E-state index in [1.54, 1.807) is 0 Å². The van der Waals surface area contributed by atoms with Crippen molar-refractivity contribution < 1.29 is 4.79 Å². The summed E-state index contributed by atoms with van der Waals surface area (Å²) >= 11 is 0. The largest absolute Gasteiger partial charge is 0.369 e. The normalized spacial score (nSPS) is 16.8. The van der Waals surface area contributed by atoms with Gasteiger partial charge in [0.15, 0.2) is 5.96 Å². The molecule has 1 fully saturated rings. The van der Waals surface area contributed by atoms with Crippen LogP contribution < -0.4 is 16.4 Å². The van der Waals surface area contributed by atoms with Crippen molar-refractivity contribution in [2.45, 2.75) is 32.1 Å². The predicted octanol–water partition coefficient (Wildman–Crippen LogP) is 3.58. The molecule has 1 atom stereocenters. The number of halogens is 1. The number of carbonyl (C=O) groups excluding carboxylic acids is 1. The Morgan fingerprint density at radius 2 is 1.73 bits per heavy atom. The number of hydrogen-bond acceptors (Lipinski definition) is 3. The number of guanidine groups is 1. The molecule has 4 N–H and O–H groups in total. The third-order valence-electron chi connectivity index (χ3n) is 6.03. The van der Waals surface area contributed by atoms with Gasteiger partial charge in [0.05, 0.1) is 12.5 Å². The monoisotopic (exact) mass is 563 g/mol. The van der Waals surface area contributed by atoms with Crippen LogP contribution in [-0.2, 0) is 4.79 Å². The van der Waals surface area contributed by atoms with Gasteiger partial charge in [0, 0.05) is 25.6 Å². The van der Waals surface area contributed by atoms with E-state index in [2.05, 4.69) is 83.1 Å². The van der Waals surface area contributed by atoms with Crippen LogP contribution in [0.1, 0.15) is 43.2 Å². The molecule has 1 aliphatic heterocycles. The lowest BCUT2D eigenvalue weighted by molar-refractivity contribution is -0.123. The molecule has 0 spiro atoms. The van der Waals surface area contributed by atoms with Crippen molar-refractivity contribution in [2.24, 2.45) is 16.6 Å². The number of carbonyl (C=O) groups is 1. The number of nitrogens with two attached hydrogens (primary N) is 1. The summed E-state index contributed by atoms with van der Waals surface area (Å²) in [5.74, 6) is 0.897. The fourth-order valence-corrected chi connectivity index (χ4v) is 4.30. The number of primary amides is 1. The molecule has 1 heterocycles. The van der Waals surface area contributed by atoms with Crippen LogP contribution in [0.5, 0.6) is 0 Å². The first-order valence-corrected chi connectivity index (χ1v) is 11.8. The molecule has 6 nitrogen and oxygen atoms in total. The smallest absolute Gasteiger partial charge is 0.221 e. The predicted molar refractivity (Wildman–Crippen MR) is 147 cm³/mol. The van der Waals surface area contributed by atoms with Gasteiger partial charge in [-0.05, 0) is 50.4 Å².